The number of hydrogen-bond acceptors (Lipinski definition) is 6. The first kappa shape index (κ1) is 15.3. The van der Waals surface area contributed by atoms with E-state index in [1.807, 2.05) is 0 Å². The van der Waals surface area contributed by atoms with Crippen molar-refractivity contribution in [1.29, 1.82) is 0 Å². The minimum absolute atomic E-state index is 0.310. The van der Waals surface area contributed by atoms with Crippen LogP contribution in [-0.4, -0.2) is 69.5 Å². The molecule has 0 bridgehead atoms. The van der Waals surface area contributed by atoms with Gasteiger partial charge >= 0.3 is 0 Å². The average Bonchev–Trinajstić information content (AvgIpc) is 2.29. The SMILES string of the molecule is CC(=O)NC1C(O)CC(C)OC1[C@H](O)[C@H](O)CO. The Balaban J connectivity index is 2.83. The molecule has 1 heterocycles. The van der Waals surface area contributed by atoms with Crippen molar-refractivity contribution < 1.29 is 30.0 Å². The number of nitrogens with one attached hydrogen (secondary N) is 1. The first-order chi connectivity index (χ1) is 8.36. The number of hydrogen-bond donors (Lipinski definition) is 5. The molecule has 1 saturated heterocycles. The van der Waals surface area contributed by atoms with Gasteiger partial charge in [0.15, 0.2) is 0 Å². The molecule has 1 amide bonds. The summed E-state index contributed by atoms with van der Waals surface area (Å²) in [4.78, 5) is 11.1. The number of aliphatic hydroxyl groups excluding tert-OH is 4. The summed E-state index contributed by atoms with van der Waals surface area (Å²) in [6, 6.07) is -0.810. The highest BCUT2D eigenvalue weighted by Crippen LogP contribution is 2.23. The minimum Gasteiger partial charge on any atom is -0.394 e. The monoisotopic (exact) mass is 263 g/mol. The number of carbonyl (C=O) groups is 1. The van der Waals surface area contributed by atoms with E-state index in [9.17, 15) is 20.1 Å². The molecule has 1 aliphatic heterocycles. The van der Waals surface area contributed by atoms with E-state index in [1.165, 1.54) is 6.92 Å². The maximum atomic E-state index is 11.1. The number of carbonyl (C=O) groups excluding carboxylic acids is 1. The van der Waals surface area contributed by atoms with Crippen LogP contribution >= 0.6 is 0 Å². The largest absolute Gasteiger partial charge is 0.394 e. The highest BCUT2D eigenvalue weighted by atomic mass is 16.5. The van der Waals surface area contributed by atoms with E-state index in [2.05, 4.69) is 5.32 Å². The van der Waals surface area contributed by atoms with Crippen LogP contribution in [0.25, 0.3) is 0 Å². The van der Waals surface area contributed by atoms with Gasteiger partial charge in [-0.05, 0) is 6.92 Å². The molecule has 4 unspecified atom stereocenters. The van der Waals surface area contributed by atoms with Gasteiger partial charge < -0.3 is 30.5 Å². The molecular weight excluding hydrogens is 242 g/mol. The molecule has 6 atom stereocenters. The molecule has 0 saturated carbocycles. The van der Waals surface area contributed by atoms with Gasteiger partial charge in [0, 0.05) is 13.3 Å². The second-order valence-electron chi connectivity index (χ2n) is 4.68. The van der Waals surface area contributed by atoms with Gasteiger partial charge in [-0.2, -0.15) is 0 Å². The summed E-state index contributed by atoms with van der Waals surface area (Å²) in [5.74, 6) is -0.368. The van der Waals surface area contributed by atoms with E-state index >= 15 is 0 Å². The average molecular weight is 263 g/mol. The predicted octanol–water partition coefficient (Wildman–Crippen LogP) is -2.26. The zero-order valence-corrected chi connectivity index (χ0v) is 10.5. The van der Waals surface area contributed by atoms with E-state index in [0.717, 1.165) is 0 Å². The van der Waals surface area contributed by atoms with Crippen molar-refractivity contribution in [2.45, 2.75) is 56.8 Å². The molecule has 106 valence electrons. The molecule has 18 heavy (non-hydrogen) atoms. The van der Waals surface area contributed by atoms with Crippen LogP contribution in [0, 0.1) is 0 Å². The van der Waals surface area contributed by atoms with Crippen LogP contribution in [0.3, 0.4) is 0 Å². The Kier molecular flexibility index (Phi) is 5.48. The molecule has 1 rings (SSSR count). The van der Waals surface area contributed by atoms with E-state index in [0.29, 0.717) is 6.42 Å². The third-order valence-corrected chi connectivity index (χ3v) is 3.02. The molecule has 0 aromatic heterocycles. The van der Waals surface area contributed by atoms with Gasteiger partial charge in [0.25, 0.3) is 0 Å². The quantitative estimate of drug-likeness (QED) is 0.391. The molecule has 0 spiro atoms. The molecule has 0 aromatic carbocycles. The van der Waals surface area contributed by atoms with Crippen LogP contribution in [0.15, 0.2) is 0 Å². The fraction of sp³-hybridized carbons (Fsp3) is 0.909. The molecular formula is C11H21NO6. The zero-order chi connectivity index (χ0) is 13.9. The van der Waals surface area contributed by atoms with Crippen molar-refractivity contribution in [3.63, 3.8) is 0 Å². The van der Waals surface area contributed by atoms with Gasteiger partial charge in [-0.25, -0.2) is 0 Å². The highest BCUT2D eigenvalue weighted by molar-refractivity contribution is 5.73. The molecule has 7 nitrogen and oxygen atoms in total. The Bertz CT molecular complexity index is 287. The molecule has 0 radical (unpaired) electrons. The first-order valence-corrected chi connectivity index (χ1v) is 5.94. The van der Waals surface area contributed by atoms with Crippen LogP contribution in [0.2, 0.25) is 0 Å². The minimum atomic E-state index is -1.39. The maximum Gasteiger partial charge on any atom is 0.217 e. The summed E-state index contributed by atoms with van der Waals surface area (Å²) >= 11 is 0. The van der Waals surface area contributed by atoms with Crippen LogP contribution in [0.1, 0.15) is 20.3 Å². The molecule has 0 aromatic rings. The Hall–Kier alpha value is -0.730. The molecule has 1 fully saturated rings. The summed E-state index contributed by atoms with van der Waals surface area (Å²) in [7, 11) is 0. The predicted molar refractivity (Wildman–Crippen MR) is 61.7 cm³/mol. The summed E-state index contributed by atoms with van der Waals surface area (Å²) in [6.07, 6.45) is -4.59. The maximum absolute atomic E-state index is 11.1. The third kappa shape index (κ3) is 3.63. The Morgan fingerprint density at radius 3 is 2.61 bits per heavy atom. The number of aliphatic hydroxyl groups is 4. The molecule has 5 N–H and O–H groups in total. The highest BCUT2D eigenvalue weighted by Gasteiger charge is 2.42. The normalized spacial score (nSPS) is 35.9. The summed E-state index contributed by atoms with van der Waals surface area (Å²) in [6.45, 7) is 2.38. The summed E-state index contributed by atoms with van der Waals surface area (Å²) < 4.78 is 5.46. The standard InChI is InChI=1S/C11H21NO6/c1-5-3-7(15)9(12-6(2)14)11(18-5)10(17)8(16)4-13/h5,7-11,13,15-17H,3-4H2,1-2H3,(H,12,14)/t5?,7?,8-,9?,10-,11?/m1/s1. The van der Waals surface area contributed by atoms with Crippen LogP contribution in [-0.2, 0) is 9.53 Å². The topological polar surface area (TPSA) is 119 Å². The van der Waals surface area contributed by atoms with Crippen molar-refractivity contribution in [3.05, 3.63) is 0 Å². The van der Waals surface area contributed by atoms with E-state index < -0.39 is 37.1 Å². The van der Waals surface area contributed by atoms with E-state index in [-0.39, 0.29) is 12.0 Å². The second-order valence-corrected chi connectivity index (χ2v) is 4.68. The Labute approximate surface area is 105 Å². The van der Waals surface area contributed by atoms with Gasteiger partial charge in [-0.1, -0.05) is 0 Å². The van der Waals surface area contributed by atoms with E-state index in [4.69, 9.17) is 9.84 Å². The van der Waals surface area contributed by atoms with Gasteiger partial charge in [0.2, 0.25) is 5.91 Å². The molecule has 1 aliphatic rings. The molecule has 0 aliphatic carbocycles. The lowest BCUT2D eigenvalue weighted by Crippen LogP contribution is -2.62. The number of ether oxygens (including phenoxy) is 1. The van der Waals surface area contributed by atoms with Crippen LogP contribution < -0.4 is 5.32 Å². The van der Waals surface area contributed by atoms with Crippen LogP contribution in [0.4, 0.5) is 0 Å². The zero-order valence-electron chi connectivity index (χ0n) is 10.5. The third-order valence-electron chi connectivity index (χ3n) is 3.02. The first-order valence-electron chi connectivity index (χ1n) is 5.94. The number of amides is 1. The second kappa shape index (κ2) is 6.44. The van der Waals surface area contributed by atoms with Gasteiger partial charge in [-0.3, -0.25) is 4.79 Å². The van der Waals surface area contributed by atoms with Gasteiger partial charge in [-0.15, -0.1) is 0 Å². The Morgan fingerprint density at radius 2 is 2.11 bits per heavy atom. The van der Waals surface area contributed by atoms with Crippen molar-refractivity contribution in [2.24, 2.45) is 0 Å². The van der Waals surface area contributed by atoms with Crippen molar-refractivity contribution in [2.75, 3.05) is 6.61 Å². The van der Waals surface area contributed by atoms with Crippen molar-refractivity contribution >= 4 is 5.91 Å². The summed E-state index contributed by atoms with van der Waals surface area (Å²) in [5.41, 5.74) is 0. The summed E-state index contributed by atoms with van der Waals surface area (Å²) in [5, 5.41) is 40.5. The Morgan fingerprint density at radius 1 is 1.50 bits per heavy atom. The van der Waals surface area contributed by atoms with Crippen molar-refractivity contribution in [1.82, 2.24) is 5.32 Å². The lowest BCUT2D eigenvalue weighted by atomic mass is 9.90. The van der Waals surface area contributed by atoms with Gasteiger partial charge in [0.05, 0.1) is 24.9 Å². The smallest absolute Gasteiger partial charge is 0.217 e. The lowest BCUT2D eigenvalue weighted by molar-refractivity contribution is -0.177. The molecule has 7 heteroatoms. The van der Waals surface area contributed by atoms with Crippen LogP contribution in [0.5, 0.6) is 0 Å². The van der Waals surface area contributed by atoms with Gasteiger partial charge in [0.1, 0.15) is 18.3 Å². The fourth-order valence-electron chi connectivity index (χ4n) is 2.15. The van der Waals surface area contributed by atoms with E-state index in [1.54, 1.807) is 6.92 Å². The fourth-order valence-corrected chi connectivity index (χ4v) is 2.15. The van der Waals surface area contributed by atoms with Crippen molar-refractivity contribution in [3.8, 4) is 0 Å². The lowest BCUT2D eigenvalue weighted by Gasteiger charge is -2.41. The number of rotatable bonds is 4.